The number of thioether (sulfide) groups is 1. The van der Waals surface area contributed by atoms with Crippen molar-refractivity contribution in [3.05, 3.63) is 30.3 Å². The van der Waals surface area contributed by atoms with Crippen LogP contribution in [-0.2, 0) is 9.59 Å². The topological polar surface area (TPSA) is 49.4 Å². The van der Waals surface area contributed by atoms with Crippen molar-refractivity contribution < 1.29 is 9.59 Å². The Labute approximate surface area is 117 Å². The molecule has 0 bridgehead atoms. The predicted molar refractivity (Wildman–Crippen MR) is 77.9 cm³/mol. The van der Waals surface area contributed by atoms with E-state index in [0.717, 1.165) is 11.4 Å². The maximum Gasteiger partial charge on any atom is 0.260 e. The summed E-state index contributed by atoms with van der Waals surface area (Å²) in [6.07, 6.45) is 0.607. The second-order valence-electron chi connectivity index (χ2n) is 4.48. The quantitative estimate of drug-likeness (QED) is 0.923. The molecule has 0 saturated carbocycles. The minimum atomic E-state index is -0.762. The third-order valence-electron chi connectivity index (χ3n) is 3.34. The van der Waals surface area contributed by atoms with Crippen LogP contribution in [0.5, 0.6) is 0 Å². The van der Waals surface area contributed by atoms with Crippen molar-refractivity contribution in [1.29, 1.82) is 0 Å². The molecule has 1 aliphatic rings. The van der Waals surface area contributed by atoms with Crippen LogP contribution in [0, 0.1) is 0 Å². The van der Waals surface area contributed by atoms with E-state index in [1.807, 2.05) is 37.3 Å². The molecule has 5 heteroatoms. The minimum Gasteiger partial charge on any atom is -0.323 e. The van der Waals surface area contributed by atoms with E-state index in [1.54, 1.807) is 16.7 Å². The summed E-state index contributed by atoms with van der Waals surface area (Å²) in [5.74, 6) is 0.643. The number of para-hydroxylation sites is 1. The number of carbonyl (C=O) groups excluding carboxylic acids is 2. The lowest BCUT2D eigenvalue weighted by molar-refractivity contribution is -0.137. The number of nitrogens with zero attached hydrogens (tertiary/aromatic N) is 1. The fraction of sp³-hybridized carbons (Fsp3) is 0.429. The number of hydrogen-bond acceptors (Lipinski definition) is 3. The van der Waals surface area contributed by atoms with Crippen molar-refractivity contribution >= 4 is 29.3 Å². The van der Waals surface area contributed by atoms with Crippen molar-refractivity contribution in [2.24, 2.45) is 0 Å². The Morgan fingerprint density at radius 3 is 2.63 bits per heavy atom. The van der Waals surface area contributed by atoms with E-state index in [2.05, 4.69) is 5.32 Å². The van der Waals surface area contributed by atoms with Gasteiger partial charge in [-0.15, -0.1) is 11.8 Å². The Hall–Kier alpha value is -1.49. The highest BCUT2D eigenvalue weighted by Gasteiger charge is 2.48. The molecule has 0 aromatic heterocycles. The van der Waals surface area contributed by atoms with Crippen LogP contribution in [0.3, 0.4) is 0 Å². The standard InChI is InChI=1S/C14H18N2O2S/c1-3-14(16(11(2)17)9-10-19-14)13(18)15-12-7-5-4-6-8-12/h4-8H,3,9-10H2,1-2H3,(H,15,18). The zero-order chi connectivity index (χ0) is 13.9. The summed E-state index contributed by atoms with van der Waals surface area (Å²) in [5.41, 5.74) is 0.760. The Morgan fingerprint density at radius 2 is 2.05 bits per heavy atom. The lowest BCUT2D eigenvalue weighted by Crippen LogP contribution is -2.52. The molecule has 1 aliphatic heterocycles. The SMILES string of the molecule is CCC1(C(=O)Nc2ccccc2)SCCN1C(C)=O. The largest absolute Gasteiger partial charge is 0.323 e. The van der Waals surface area contributed by atoms with Crippen molar-refractivity contribution in [3.63, 3.8) is 0 Å². The third-order valence-corrected chi connectivity index (χ3v) is 4.90. The summed E-state index contributed by atoms with van der Waals surface area (Å²) in [5, 5.41) is 2.91. The van der Waals surface area contributed by atoms with Crippen LogP contribution >= 0.6 is 11.8 Å². The summed E-state index contributed by atoms with van der Waals surface area (Å²) in [6.45, 7) is 4.10. The van der Waals surface area contributed by atoms with Crippen molar-refractivity contribution in [1.82, 2.24) is 4.90 Å². The second-order valence-corrected chi connectivity index (χ2v) is 5.85. The van der Waals surface area contributed by atoms with Crippen LogP contribution in [0.1, 0.15) is 20.3 Å². The van der Waals surface area contributed by atoms with Crippen molar-refractivity contribution in [3.8, 4) is 0 Å². The first-order valence-electron chi connectivity index (χ1n) is 6.39. The molecule has 0 spiro atoms. The number of benzene rings is 1. The van der Waals surface area contributed by atoms with Gasteiger partial charge in [-0.1, -0.05) is 25.1 Å². The lowest BCUT2D eigenvalue weighted by Gasteiger charge is -2.34. The molecule has 1 aromatic carbocycles. The van der Waals surface area contributed by atoms with Gasteiger partial charge in [-0.3, -0.25) is 9.59 Å². The summed E-state index contributed by atoms with van der Waals surface area (Å²) >= 11 is 1.55. The zero-order valence-corrected chi connectivity index (χ0v) is 12.0. The van der Waals surface area contributed by atoms with Gasteiger partial charge in [-0.25, -0.2) is 0 Å². The second kappa shape index (κ2) is 5.65. The van der Waals surface area contributed by atoms with Gasteiger partial charge in [-0.2, -0.15) is 0 Å². The van der Waals surface area contributed by atoms with E-state index in [-0.39, 0.29) is 11.8 Å². The number of amides is 2. The number of hydrogen-bond donors (Lipinski definition) is 1. The third kappa shape index (κ3) is 2.61. The van der Waals surface area contributed by atoms with E-state index < -0.39 is 4.87 Å². The summed E-state index contributed by atoms with van der Waals surface area (Å²) in [7, 11) is 0. The number of nitrogens with one attached hydrogen (secondary N) is 1. The highest BCUT2D eigenvalue weighted by molar-refractivity contribution is 8.01. The molecule has 1 unspecified atom stereocenters. The molecule has 2 amide bonds. The molecule has 1 saturated heterocycles. The van der Waals surface area contributed by atoms with Crippen LogP contribution in [0.25, 0.3) is 0 Å². The average Bonchev–Trinajstić information content (AvgIpc) is 2.85. The molecule has 1 heterocycles. The fourth-order valence-electron chi connectivity index (χ4n) is 2.37. The molecule has 2 rings (SSSR count). The van der Waals surface area contributed by atoms with Gasteiger partial charge in [0.15, 0.2) is 4.87 Å². The Balaban J connectivity index is 2.21. The first-order chi connectivity index (χ1) is 9.10. The predicted octanol–water partition coefficient (Wildman–Crippen LogP) is 2.33. The van der Waals surface area contributed by atoms with Gasteiger partial charge in [-0.05, 0) is 18.6 Å². The molecule has 1 aromatic rings. The highest BCUT2D eigenvalue weighted by Crippen LogP contribution is 2.39. The first kappa shape index (κ1) is 13.9. The van der Waals surface area contributed by atoms with Crippen molar-refractivity contribution in [2.75, 3.05) is 17.6 Å². The first-order valence-corrected chi connectivity index (χ1v) is 7.37. The number of carbonyl (C=O) groups is 2. The Morgan fingerprint density at radius 1 is 1.37 bits per heavy atom. The Kier molecular flexibility index (Phi) is 4.14. The van der Waals surface area contributed by atoms with Gasteiger partial charge in [0.05, 0.1) is 0 Å². The lowest BCUT2D eigenvalue weighted by atomic mass is 10.1. The summed E-state index contributed by atoms with van der Waals surface area (Å²) in [6, 6.07) is 9.34. The molecule has 19 heavy (non-hydrogen) atoms. The van der Waals surface area contributed by atoms with Gasteiger partial charge >= 0.3 is 0 Å². The van der Waals surface area contributed by atoms with E-state index in [9.17, 15) is 9.59 Å². The van der Waals surface area contributed by atoms with E-state index in [4.69, 9.17) is 0 Å². The molecule has 4 nitrogen and oxygen atoms in total. The molecule has 102 valence electrons. The Bertz CT molecular complexity index is 478. The van der Waals surface area contributed by atoms with E-state index >= 15 is 0 Å². The molecule has 1 atom stereocenters. The van der Waals surface area contributed by atoms with Crippen molar-refractivity contribution in [2.45, 2.75) is 25.1 Å². The molecule has 0 radical (unpaired) electrons. The van der Waals surface area contributed by atoms with Gasteiger partial charge in [0.2, 0.25) is 5.91 Å². The molecule has 0 aliphatic carbocycles. The smallest absolute Gasteiger partial charge is 0.260 e. The van der Waals surface area contributed by atoms with Crippen LogP contribution in [0.4, 0.5) is 5.69 Å². The molecule has 1 N–H and O–H groups in total. The van der Waals surface area contributed by atoms with Gasteiger partial charge < -0.3 is 10.2 Å². The van der Waals surface area contributed by atoms with Crippen LogP contribution in [-0.4, -0.2) is 33.9 Å². The van der Waals surface area contributed by atoms with Gasteiger partial charge in [0.1, 0.15) is 0 Å². The molecular weight excluding hydrogens is 260 g/mol. The van der Waals surface area contributed by atoms with E-state index in [1.165, 1.54) is 6.92 Å². The van der Waals surface area contributed by atoms with Crippen LogP contribution < -0.4 is 5.32 Å². The molecule has 1 fully saturated rings. The summed E-state index contributed by atoms with van der Waals surface area (Å²) < 4.78 is 0. The number of rotatable bonds is 3. The average molecular weight is 278 g/mol. The normalized spacial score (nSPS) is 22.3. The molecular formula is C14H18N2O2S. The zero-order valence-electron chi connectivity index (χ0n) is 11.2. The van der Waals surface area contributed by atoms with Gasteiger partial charge in [0, 0.05) is 24.9 Å². The van der Waals surface area contributed by atoms with Gasteiger partial charge in [0.25, 0.3) is 5.91 Å². The monoisotopic (exact) mass is 278 g/mol. The summed E-state index contributed by atoms with van der Waals surface area (Å²) in [4.78, 5) is 25.2. The maximum atomic E-state index is 12.6. The van der Waals surface area contributed by atoms with Crippen LogP contribution in [0.15, 0.2) is 30.3 Å². The fourth-order valence-corrected chi connectivity index (χ4v) is 3.74. The van der Waals surface area contributed by atoms with Crippen LogP contribution in [0.2, 0.25) is 0 Å². The number of anilines is 1. The van der Waals surface area contributed by atoms with E-state index in [0.29, 0.717) is 13.0 Å². The maximum absolute atomic E-state index is 12.6. The minimum absolute atomic E-state index is 0.0462. The highest BCUT2D eigenvalue weighted by atomic mass is 32.2.